The van der Waals surface area contributed by atoms with Crippen LogP contribution in [0.25, 0.3) is 16.6 Å². The highest BCUT2D eigenvalue weighted by Crippen LogP contribution is 2.19. The first-order valence-corrected chi connectivity index (χ1v) is 8.71. The molecule has 1 aromatic carbocycles. The van der Waals surface area contributed by atoms with Crippen LogP contribution in [0.5, 0.6) is 0 Å². The van der Waals surface area contributed by atoms with Crippen LogP contribution >= 0.6 is 0 Å². The van der Waals surface area contributed by atoms with Gasteiger partial charge in [0.15, 0.2) is 11.5 Å². The van der Waals surface area contributed by atoms with Crippen molar-refractivity contribution in [2.75, 3.05) is 13.1 Å². The van der Waals surface area contributed by atoms with Gasteiger partial charge in [-0.1, -0.05) is 26.0 Å². The van der Waals surface area contributed by atoms with E-state index in [1.165, 1.54) is 25.9 Å². The van der Waals surface area contributed by atoms with Crippen molar-refractivity contribution in [3.8, 4) is 0 Å². The fourth-order valence-corrected chi connectivity index (χ4v) is 3.84. The van der Waals surface area contributed by atoms with Gasteiger partial charge in [-0.25, -0.2) is 4.98 Å². The molecule has 1 aliphatic rings. The minimum absolute atomic E-state index is 0.808. The number of hydrogen-bond acceptors (Lipinski definition) is 3. The quantitative estimate of drug-likeness (QED) is 0.800. The smallest absolute Gasteiger partial charge is 0.194 e. The molecular formula is C18H24N5+. The van der Waals surface area contributed by atoms with Crippen molar-refractivity contribution in [1.29, 1.82) is 0 Å². The second-order valence-electron chi connectivity index (χ2n) is 6.80. The number of piperidine rings is 1. The highest BCUT2D eigenvalue weighted by Gasteiger charge is 2.23. The molecule has 3 heterocycles. The van der Waals surface area contributed by atoms with Gasteiger partial charge in [-0.05, 0) is 25.0 Å². The Kier molecular flexibility index (Phi) is 3.73. The summed E-state index contributed by atoms with van der Waals surface area (Å²) in [6.45, 7) is 7.92. The standard InChI is InChI=1S/C18H23N5/c1-3-16-19-15-9-5-4-8-14(15)18-21-20-17(23(16)18)12-22-10-6-7-13(2)11-22/h4-5,8-9,13H,3,6-7,10-12H2,1-2H3/p+1/t13-/m1/s1. The first kappa shape index (κ1) is 14.6. The summed E-state index contributed by atoms with van der Waals surface area (Å²) in [5, 5.41) is 10.1. The number of aryl methyl sites for hydroxylation is 1. The van der Waals surface area contributed by atoms with Gasteiger partial charge in [0.2, 0.25) is 0 Å². The van der Waals surface area contributed by atoms with Crippen LogP contribution in [0, 0.1) is 5.92 Å². The number of likely N-dealkylation sites (tertiary alicyclic amines) is 1. The Balaban J connectivity index is 1.80. The van der Waals surface area contributed by atoms with Crippen molar-refractivity contribution in [2.45, 2.75) is 39.7 Å². The van der Waals surface area contributed by atoms with E-state index in [0.29, 0.717) is 0 Å². The molecule has 0 radical (unpaired) electrons. The van der Waals surface area contributed by atoms with Crippen molar-refractivity contribution < 1.29 is 4.90 Å². The van der Waals surface area contributed by atoms with Gasteiger partial charge < -0.3 is 4.90 Å². The van der Waals surface area contributed by atoms with E-state index in [4.69, 9.17) is 4.98 Å². The third kappa shape index (κ3) is 2.59. The van der Waals surface area contributed by atoms with Crippen LogP contribution < -0.4 is 4.90 Å². The van der Waals surface area contributed by atoms with Gasteiger partial charge >= 0.3 is 0 Å². The van der Waals surface area contributed by atoms with Crippen LogP contribution in [-0.4, -0.2) is 32.7 Å². The van der Waals surface area contributed by atoms with Crippen molar-refractivity contribution in [3.05, 3.63) is 35.9 Å². The second-order valence-corrected chi connectivity index (χ2v) is 6.80. The van der Waals surface area contributed by atoms with E-state index in [1.807, 2.05) is 12.1 Å². The molecule has 1 N–H and O–H groups in total. The molecular weight excluding hydrogens is 286 g/mol. The van der Waals surface area contributed by atoms with Gasteiger partial charge in [0.1, 0.15) is 12.4 Å². The predicted molar refractivity (Wildman–Crippen MR) is 90.5 cm³/mol. The monoisotopic (exact) mass is 310 g/mol. The Morgan fingerprint density at radius 1 is 1.22 bits per heavy atom. The number of fused-ring (bicyclic) bond motifs is 3. The Bertz CT molecular complexity index is 838. The van der Waals surface area contributed by atoms with Crippen LogP contribution in [0.1, 0.15) is 38.3 Å². The summed E-state index contributed by atoms with van der Waals surface area (Å²) in [5.74, 6) is 2.92. The number of benzene rings is 1. The number of quaternary nitrogens is 1. The Morgan fingerprint density at radius 3 is 2.91 bits per heavy atom. The minimum Gasteiger partial charge on any atom is -0.328 e. The highest BCUT2D eigenvalue weighted by molar-refractivity contribution is 5.91. The molecule has 0 saturated carbocycles. The number of aromatic nitrogens is 4. The number of hydrogen-bond donors (Lipinski definition) is 1. The van der Waals surface area contributed by atoms with Gasteiger partial charge in [0.05, 0.1) is 18.6 Å². The zero-order valence-corrected chi connectivity index (χ0v) is 13.9. The molecule has 0 spiro atoms. The van der Waals surface area contributed by atoms with Crippen LogP contribution in [0.2, 0.25) is 0 Å². The zero-order chi connectivity index (χ0) is 15.8. The lowest BCUT2D eigenvalue weighted by Crippen LogP contribution is -3.12. The fraction of sp³-hybridized carbons (Fsp3) is 0.500. The SMILES string of the molecule is CCc1nc2ccccc2c2nnc(C[NH+]3CCC[C@@H](C)C3)n12. The lowest BCUT2D eigenvalue weighted by Gasteiger charge is -2.27. The summed E-state index contributed by atoms with van der Waals surface area (Å²) in [6, 6.07) is 8.22. The van der Waals surface area contributed by atoms with Crippen molar-refractivity contribution >= 4 is 16.6 Å². The maximum Gasteiger partial charge on any atom is 0.194 e. The van der Waals surface area contributed by atoms with E-state index in [9.17, 15) is 0 Å². The average molecular weight is 310 g/mol. The zero-order valence-electron chi connectivity index (χ0n) is 13.9. The fourth-order valence-electron chi connectivity index (χ4n) is 3.84. The summed E-state index contributed by atoms with van der Waals surface area (Å²) in [5.41, 5.74) is 1.96. The summed E-state index contributed by atoms with van der Waals surface area (Å²) in [7, 11) is 0. The molecule has 0 aliphatic carbocycles. The third-order valence-corrected chi connectivity index (χ3v) is 4.97. The molecule has 2 atom stereocenters. The molecule has 4 rings (SSSR count). The largest absolute Gasteiger partial charge is 0.328 e. The van der Waals surface area contributed by atoms with Crippen LogP contribution in [0.15, 0.2) is 24.3 Å². The molecule has 120 valence electrons. The second kappa shape index (κ2) is 5.89. The summed E-state index contributed by atoms with van der Waals surface area (Å²) in [4.78, 5) is 6.46. The average Bonchev–Trinajstić information content (AvgIpc) is 2.98. The van der Waals surface area contributed by atoms with E-state index in [0.717, 1.165) is 47.1 Å². The predicted octanol–water partition coefficient (Wildman–Crippen LogP) is 1.65. The van der Waals surface area contributed by atoms with Crippen molar-refractivity contribution in [3.63, 3.8) is 0 Å². The highest BCUT2D eigenvalue weighted by atomic mass is 15.3. The van der Waals surface area contributed by atoms with Crippen LogP contribution in [0.3, 0.4) is 0 Å². The van der Waals surface area contributed by atoms with Crippen LogP contribution in [-0.2, 0) is 13.0 Å². The van der Waals surface area contributed by atoms with Gasteiger partial charge in [0, 0.05) is 17.7 Å². The van der Waals surface area contributed by atoms with E-state index in [2.05, 4.69) is 40.6 Å². The van der Waals surface area contributed by atoms with Crippen LogP contribution in [0.4, 0.5) is 0 Å². The number of rotatable bonds is 3. The van der Waals surface area contributed by atoms with E-state index < -0.39 is 0 Å². The number of nitrogens with zero attached hydrogens (tertiary/aromatic N) is 4. The first-order chi connectivity index (χ1) is 11.3. The summed E-state index contributed by atoms with van der Waals surface area (Å²) in [6.07, 6.45) is 3.56. The van der Waals surface area contributed by atoms with E-state index in [-0.39, 0.29) is 0 Å². The molecule has 0 bridgehead atoms. The Hall–Kier alpha value is -2.01. The molecule has 3 aromatic rings. The van der Waals surface area contributed by atoms with Gasteiger partial charge in [-0.3, -0.25) is 4.40 Å². The topological polar surface area (TPSA) is 47.5 Å². The molecule has 1 fully saturated rings. The molecule has 0 amide bonds. The van der Waals surface area contributed by atoms with Crippen molar-refractivity contribution in [1.82, 2.24) is 19.6 Å². The third-order valence-electron chi connectivity index (χ3n) is 4.97. The Morgan fingerprint density at radius 2 is 2.09 bits per heavy atom. The minimum atomic E-state index is 0.808. The molecule has 1 aliphatic heterocycles. The normalized spacial score (nSPS) is 22.0. The van der Waals surface area contributed by atoms with Crippen molar-refractivity contribution in [2.24, 2.45) is 5.92 Å². The van der Waals surface area contributed by atoms with E-state index >= 15 is 0 Å². The lowest BCUT2D eigenvalue weighted by atomic mass is 10.0. The maximum atomic E-state index is 4.84. The maximum absolute atomic E-state index is 4.84. The van der Waals surface area contributed by atoms with Gasteiger partial charge in [-0.2, -0.15) is 0 Å². The molecule has 5 heteroatoms. The van der Waals surface area contributed by atoms with Gasteiger partial charge in [0.25, 0.3) is 0 Å². The number of nitrogens with one attached hydrogen (secondary N) is 1. The number of para-hydroxylation sites is 1. The summed E-state index contributed by atoms with van der Waals surface area (Å²) >= 11 is 0. The van der Waals surface area contributed by atoms with Gasteiger partial charge in [-0.15, -0.1) is 10.2 Å². The molecule has 1 unspecified atom stereocenters. The lowest BCUT2D eigenvalue weighted by molar-refractivity contribution is -0.922. The summed E-state index contributed by atoms with van der Waals surface area (Å²) < 4.78 is 2.19. The van der Waals surface area contributed by atoms with E-state index in [1.54, 1.807) is 4.90 Å². The molecule has 5 nitrogen and oxygen atoms in total. The molecule has 23 heavy (non-hydrogen) atoms. The Labute approximate surface area is 136 Å². The molecule has 2 aromatic heterocycles. The first-order valence-electron chi connectivity index (χ1n) is 8.71. The molecule has 1 saturated heterocycles.